The number of nitrogens with one attached hydrogen (secondary N) is 1. The average Bonchev–Trinajstić information content (AvgIpc) is 2.75. The van der Waals surface area contributed by atoms with Gasteiger partial charge in [-0.15, -0.1) is 0 Å². The van der Waals surface area contributed by atoms with Gasteiger partial charge < -0.3 is 9.47 Å². The van der Waals surface area contributed by atoms with Crippen LogP contribution in [0.2, 0.25) is 5.02 Å². The molecule has 0 heterocycles. The summed E-state index contributed by atoms with van der Waals surface area (Å²) in [6.07, 6.45) is 1.45. The summed E-state index contributed by atoms with van der Waals surface area (Å²) in [5.74, 6) is 0.0423. The van der Waals surface area contributed by atoms with E-state index in [1.165, 1.54) is 6.21 Å². The van der Waals surface area contributed by atoms with Crippen LogP contribution in [-0.2, 0) is 4.79 Å². The topological polar surface area (TPSA) is 77.0 Å². The SMILES string of the molecule is Cc1ccc(C)c(OCC(=O)NN=Cc2cccc(OC(=O)c3ccccc3Cl)c2)c1. The fourth-order valence-corrected chi connectivity index (χ4v) is 2.88. The van der Waals surface area contributed by atoms with Gasteiger partial charge in [-0.1, -0.05) is 48.0 Å². The molecule has 0 atom stereocenters. The van der Waals surface area contributed by atoms with Crippen LogP contribution in [0, 0.1) is 13.8 Å². The van der Waals surface area contributed by atoms with E-state index in [-0.39, 0.29) is 12.2 Å². The molecule has 0 aliphatic carbocycles. The zero-order chi connectivity index (χ0) is 22.2. The molecule has 0 aromatic heterocycles. The first-order chi connectivity index (χ1) is 14.9. The Morgan fingerprint density at radius 3 is 2.65 bits per heavy atom. The normalized spacial score (nSPS) is 10.7. The molecular weight excluding hydrogens is 416 g/mol. The summed E-state index contributed by atoms with van der Waals surface area (Å²) in [5, 5.41) is 4.24. The number of amides is 1. The fourth-order valence-electron chi connectivity index (χ4n) is 2.66. The van der Waals surface area contributed by atoms with Crippen LogP contribution in [0.3, 0.4) is 0 Å². The van der Waals surface area contributed by atoms with Crippen molar-refractivity contribution >= 4 is 29.7 Å². The Bertz CT molecular complexity index is 1130. The first kappa shape index (κ1) is 22.1. The van der Waals surface area contributed by atoms with E-state index in [9.17, 15) is 9.59 Å². The molecule has 3 rings (SSSR count). The Kier molecular flexibility index (Phi) is 7.40. The molecule has 0 spiro atoms. The quantitative estimate of drug-likeness (QED) is 0.252. The monoisotopic (exact) mass is 436 g/mol. The van der Waals surface area contributed by atoms with Gasteiger partial charge in [0.15, 0.2) is 6.61 Å². The lowest BCUT2D eigenvalue weighted by Gasteiger charge is -2.09. The highest BCUT2D eigenvalue weighted by Gasteiger charge is 2.12. The summed E-state index contributed by atoms with van der Waals surface area (Å²) in [4.78, 5) is 24.2. The van der Waals surface area contributed by atoms with E-state index in [0.29, 0.717) is 22.1 Å². The molecule has 6 nitrogen and oxygen atoms in total. The Labute approximate surface area is 185 Å². The summed E-state index contributed by atoms with van der Waals surface area (Å²) in [5.41, 5.74) is 5.32. The van der Waals surface area contributed by atoms with E-state index in [0.717, 1.165) is 11.1 Å². The number of rotatable bonds is 7. The molecule has 0 bridgehead atoms. The molecular formula is C24H21ClN2O4. The minimum absolute atomic E-state index is 0.156. The van der Waals surface area contributed by atoms with Crippen LogP contribution >= 0.6 is 11.6 Å². The van der Waals surface area contributed by atoms with Gasteiger partial charge in [0.25, 0.3) is 5.91 Å². The predicted octanol–water partition coefficient (Wildman–Crippen LogP) is 4.71. The number of esters is 1. The van der Waals surface area contributed by atoms with Crippen LogP contribution in [0.25, 0.3) is 0 Å². The van der Waals surface area contributed by atoms with Crippen molar-refractivity contribution in [1.82, 2.24) is 5.43 Å². The highest BCUT2D eigenvalue weighted by atomic mass is 35.5. The summed E-state index contributed by atoms with van der Waals surface area (Å²) in [7, 11) is 0. The van der Waals surface area contributed by atoms with Crippen molar-refractivity contribution in [2.45, 2.75) is 13.8 Å². The minimum atomic E-state index is -0.559. The first-order valence-electron chi connectivity index (χ1n) is 9.51. The van der Waals surface area contributed by atoms with Crippen molar-refractivity contribution < 1.29 is 19.1 Å². The number of aryl methyl sites for hydroxylation is 2. The zero-order valence-corrected chi connectivity index (χ0v) is 17.8. The van der Waals surface area contributed by atoms with Crippen molar-refractivity contribution in [3.05, 3.63) is 94.0 Å². The molecule has 0 fully saturated rings. The predicted molar refractivity (Wildman–Crippen MR) is 120 cm³/mol. The number of ether oxygens (including phenoxy) is 2. The van der Waals surface area contributed by atoms with Gasteiger partial charge in [0.2, 0.25) is 0 Å². The van der Waals surface area contributed by atoms with Crippen LogP contribution in [0.5, 0.6) is 11.5 Å². The largest absolute Gasteiger partial charge is 0.483 e. The second-order valence-electron chi connectivity index (χ2n) is 6.79. The van der Waals surface area contributed by atoms with Gasteiger partial charge in [-0.2, -0.15) is 5.10 Å². The van der Waals surface area contributed by atoms with E-state index in [1.807, 2.05) is 32.0 Å². The summed E-state index contributed by atoms with van der Waals surface area (Å²) >= 11 is 6.02. The second kappa shape index (κ2) is 10.4. The third-order valence-electron chi connectivity index (χ3n) is 4.27. The van der Waals surface area contributed by atoms with Crippen molar-refractivity contribution in [3.8, 4) is 11.5 Å². The standard InChI is InChI=1S/C24H21ClN2O4/c1-16-10-11-17(2)22(12-16)30-15-23(28)27-26-14-18-6-5-7-19(13-18)31-24(29)20-8-3-4-9-21(20)25/h3-14H,15H2,1-2H3,(H,27,28). The number of nitrogens with zero attached hydrogens (tertiary/aromatic N) is 1. The van der Waals surface area contributed by atoms with Crippen LogP contribution in [0.15, 0.2) is 71.8 Å². The highest BCUT2D eigenvalue weighted by molar-refractivity contribution is 6.33. The Morgan fingerprint density at radius 1 is 1.03 bits per heavy atom. The molecule has 7 heteroatoms. The Morgan fingerprint density at radius 2 is 1.84 bits per heavy atom. The number of hydrazone groups is 1. The molecule has 158 valence electrons. The molecule has 3 aromatic carbocycles. The van der Waals surface area contributed by atoms with Crippen molar-refractivity contribution in [2.75, 3.05) is 6.61 Å². The van der Waals surface area contributed by atoms with Gasteiger partial charge in [0.1, 0.15) is 11.5 Å². The zero-order valence-electron chi connectivity index (χ0n) is 17.1. The van der Waals surface area contributed by atoms with Gasteiger partial charge in [-0.3, -0.25) is 4.79 Å². The summed E-state index contributed by atoms with van der Waals surface area (Å²) < 4.78 is 10.9. The maximum atomic E-state index is 12.3. The maximum absolute atomic E-state index is 12.3. The van der Waals surface area contributed by atoms with Gasteiger partial charge >= 0.3 is 5.97 Å². The molecule has 0 saturated carbocycles. The third-order valence-corrected chi connectivity index (χ3v) is 4.60. The van der Waals surface area contributed by atoms with Gasteiger partial charge in [0.05, 0.1) is 16.8 Å². The van der Waals surface area contributed by atoms with E-state index < -0.39 is 11.9 Å². The lowest BCUT2D eigenvalue weighted by atomic mass is 10.1. The summed E-state index contributed by atoms with van der Waals surface area (Å²) in [6, 6.07) is 19.2. The molecule has 0 aliphatic rings. The van der Waals surface area contributed by atoms with Gasteiger partial charge in [-0.25, -0.2) is 10.2 Å². The first-order valence-corrected chi connectivity index (χ1v) is 9.89. The van der Waals surface area contributed by atoms with Crippen LogP contribution in [0.4, 0.5) is 0 Å². The molecule has 0 saturated heterocycles. The molecule has 31 heavy (non-hydrogen) atoms. The van der Waals surface area contributed by atoms with E-state index >= 15 is 0 Å². The molecule has 0 aliphatic heterocycles. The molecule has 0 radical (unpaired) electrons. The van der Waals surface area contributed by atoms with E-state index in [1.54, 1.807) is 48.5 Å². The average molecular weight is 437 g/mol. The number of hydrogen-bond acceptors (Lipinski definition) is 5. The molecule has 1 amide bonds. The number of benzene rings is 3. The minimum Gasteiger partial charge on any atom is -0.483 e. The van der Waals surface area contributed by atoms with Crippen LogP contribution < -0.4 is 14.9 Å². The number of carbonyl (C=O) groups excluding carboxylic acids is 2. The fraction of sp³-hybridized carbons (Fsp3) is 0.125. The van der Waals surface area contributed by atoms with Crippen LogP contribution in [-0.4, -0.2) is 24.7 Å². The van der Waals surface area contributed by atoms with E-state index in [2.05, 4.69) is 10.5 Å². The van der Waals surface area contributed by atoms with E-state index in [4.69, 9.17) is 21.1 Å². The van der Waals surface area contributed by atoms with Gasteiger partial charge in [0, 0.05) is 0 Å². The number of hydrogen-bond donors (Lipinski definition) is 1. The number of halogens is 1. The molecule has 0 unspecified atom stereocenters. The lowest BCUT2D eigenvalue weighted by Crippen LogP contribution is -2.24. The Balaban J connectivity index is 1.54. The van der Waals surface area contributed by atoms with Crippen LogP contribution in [0.1, 0.15) is 27.0 Å². The van der Waals surface area contributed by atoms with Crippen molar-refractivity contribution in [3.63, 3.8) is 0 Å². The van der Waals surface area contributed by atoms with Crippen molar-refractivity contribution in [1.29, 1.82) is 0 Å². The summed E-state index contributed by atoms with van der Waals surface area (Å²) in [6.45, 7) is 3.71. The highest BCUT2D eigenvalue weighted by Crippen LogP contribution is 2.20. The van der Waals surface area contributed by atoms with Crippen molar-refractivity contribution in [2.24, 2.45) is 5.10 Å². The molecule has 3 aromatic rings. The maximum Gasteiger partial charge on any atom is 0.345 e. The smallest absolute Gasteiger partial charge is 0.345 e. The second-order valence-corrected chi connectivity index (χ2v) is 7.20. The third kappa shape index (κ3) is 6.42. The molecule has 1 N–H and O–H groups in total. The Hall–Kier alpha value is -3.64. The van der Waals surface area contributed by atoms with Gasteiger partial charge in [-0.05, 0) is 60.9 Å². The lowest BCUT2D eigenvalue weighted by molar-refractivity contribution is -0.123. The number of carbonyl (C=O) groups is 2.